The average Bonchev–Trinajstić information content (AvgIpc) is 2.40. The van der Waals surface area contributed by atoms with Gasteiger partial charge < -0.3 is 9.64 Å². The summed E-state index contributed by atoms with van der Waals surface area (Å²) >= 11 is 0. The van der Waals surface area contributed by atoms with Gasteiger partial charge in [0.05, 0.1) is 0 Å². The molecular weight excluding hydrogens is 246 g/mol. The second-order valence-electron chi connectivity index (χ2n) is 6.37. The van der Waals surface area contributed by atoms with Gasteiger partial charge in [-0.15, -0.1) is 0 Å². The van der Waals surface area contributed by atoms with Gasteiger partial charge in [0.25, 0.3) is 0 Å². The van der Waals surface area contributed by atoms with Gasteiger partial charge >= 0.3 is 0 Å². The highest BCUT2D eigenvalue weighted by Crippen LogP contribution is 2.20. The van der Waals surface area contributed by atoms with Gasteiger partial charge in [0.1, 0.15) is 0 Å². The molecule has 0 unspecified atom stereocenters. The first kappa shape index (κ1) is 15.9. The van der Waals surface area contributed by atoms with Gasteiger partial charge in [-0.3, -0.25) is 0 Å². The molecule has 1 aliphatic carbocycles. The van der Waals surface area contributed by atoms with Crippen LogP contribution >= 0.6 is 0 Å². The van der Waals surface area contributed by atoms with Crippen LogP contribution in [0.2, 0.25) is 0 Å². The number of rotatable bonds is 1. The molecular formula is C18H33NO. The summed E-state index contributed by atoms with van der Waals surface area (Å²) in [5, 5.41) is 0. The van der Waals surface area contributed by atoms with Crippen molar-refractivity contribution in [3.63, 3.8) is 0 Å². The molecule has 20 heavy (non-hydrogen) atoms. The van der Waals surface area contributed by atoms with Crippen LogP contribution < -0.4 is 0 Å². The van der Waals surface area contributed by atoms with E-state index in [2.05, 4.69) is 11.0 Å². The Morgan fingerprint density at radius 2 is 1.30 bits per heavy atom. The van der Waals surface area contributed by atoms with Crippen molar-refractivity contribution in [2.45, 2.75) is 77.0 Å². The van der Waals surface area contributed by atoms with Crippen molar-refractivity contribution in [3.05, 3.63) is 11.8 Å². The fraction of sp³-hybridized carbons (Fsp3) is 0.889. The molecule has 1 saturated heterocycles. The van der Waals surface area contributed by atoms with E-state index in [4.69, 9.17) is 4.74 Å². The highest BCUT2D eigenvalue weighted by atomic mass is 16.5. The molecule has 2 nitrogen and oxygen atoms in total. The van der Waals surface area contributed by atoms with Crippen LogP contribution in [0.3, 0.4) is 0 Å². The molecule has 2 heteroatoms. The topological polar surface area (TPSA) is 12.5 Å². The summed E-state index contributed by atoms with van der Waals surface area (Å²) in [6.45, 7) is 4.30. The summed E-state index contributed by atoms with van der Waals surface area (Å²) in [6, 6.07) is 0. The summed E-state index contributed by atoms with van der Waals surface area (Å²) < 4.78 is 5.58. The molecule has 0 bridgehead atoms. The maximum Gasteiger partial charge on any atom is 0.0482 e. The van der Waals surface area contributed by atoms with Crippen molar-refractivity contribution in [1.82, 2.24) is 4.90 Å². The van der Waals surface area contributed by atoms with Crippen LogP contribution in [-0.4, -0.2) is 31.2 Å². The third-order valence-electron chi connectivity index (χ3n) is 4.61. The van der Waals surface area contributed by atoms with Crippen molar-refractivity contribution in [2.24, 2.45) is 0 Å². The first-order valence-corrected chi connectivity index (χ1v) is 8.98. The van der Waals surface area contributed by atoms with E-state index in [9.17, 15) is 0 Å². The van der Waals surface area contributed by atoms with Crippen molar-refractivity contribution in [1.29, 1.82) is 0 Å². The zero-order chi connectivity index (χ0) is 13.9. The fourth-order valence-corrected chi connectivity index (χ4v) is 3.39. The molecule has 0 saturated carbocycles. The smallest absolute Gasteiger partial charge is 0.0482 e. The highest BCUT2D eigenvalue weighted by Gasteiger charge is 2.11. The van der Waals surface area contributed by atoms with Crippen molar-refractivity contribution < 1.29 is 4.74 Å². The fourth-order valence-electron chi connectivity index (χ4n) is 3.39. The highest BCUT2D eigenvalue weighted by molar-refractivity contribution is 5.02. The Morgan fingerprint density at radius 3 is 2.00 bits per heavy atom. The second kappa shape index (κ2) is 10.3. The van der Waals surface area contributed by atoms with Gasteiger partial charge in [-0.25, -0.2) is 0 Å². The van der Waals surface area contributed by atoms with E-state index in [1.807, 2.05) is 0 Å². The summed E-state index contributed by atoms with van der Waals surface area (Å²) in [5.74, 6) is 0. The summed E-state index contributed by atoms with van der Waals surface area (Å²) in [7, 11) is 0. The van der Waals surface area contributed by atoms with Gasteiger partial charge in [-0.1, -0.05) is 44.6 Å². The molecule has 2 rings (SSSR count). The average molecular weight is 279 g/mol. The minimum absolute atomic E-state index is 0.948. The third-order valence-corrected chi connectivity index (χ3v) is 4.61. The lowest BCUT2D eigenvalue weighted by Crippen LogP contribution is -2.29. The predicted octanol–water partition coefficient (Wildman–Crippen LogP) is 4.90. The first-order chi connectivity index (χ1) is 9.97. The number of hydrogen-bond donors (Lipinski definition) is 0. The molecule has 2 aliphatic rings. The molecule has 0 aromatic carbocycles. The van der Waals surface area contributed by atoms with Crippen LogP contribution in [-0.2, 0) is 4.74 Å². The van der Waals surface area contributed by atoms with Gasteiger partial charge in [-0.05, 0) is 38.5 Å². The van der Waals surface area contributed by atoms with Crippen molar-refractivity contribution >= 4 is 0 Å². The molecule has 1 aliphatic heterocycles. The van der Waals surface area contributed by atoms with E-state index >= 15 is 0 Å². The van der Waals surface area contributed by atoms with E-state index in [0.29, 0.717) is 0 Å². The van der Waals surface area contributed by atoms with Crippen LogP contribution in [0.4, 0.5) is 0 Å². The molecule has 0 atom stereocenters. The number of allylic oxidation sites excluding steroid dienone is 2. The first-order valence-electron chi connectivity index (χ1n) is 8.98. The minimum Gasteiger partial charge on any atom is -0.381 e. The monoisotopic (exact) mass is 279 g/mol. The number of hydrogen-bond acceptors (Lipinski definition) is 2. The lowest BCUT2D eigenvalue weighted by atomic mass is 10.0. The van der Waals surface area contributed by atoms with Gasteiger partial charge in [0.15, 0.2) is 0 Å². The van der Waals surface area contributed by atoms with E-state index in [-0.39, 0.29) is 0 Å². The Bertz CT molecular complexity index is 267. The Kier molecular flexibility index (Phi) is 8.15. The molecule has 0 N–H and O–H groups in total. The van der Waals surface area contributed by atoms with Gasteiger partial charge in [0, 0.05) is 32.0 Å². The van der Waals surface area contributed by atoms with E-state index < -0.39 is 0 Å². The van der Waals surface area contributed by atoms with Crippen LogP contribution in [0.25, 0.3) is 0 Å². The molecule has 1 heterocycles. The number of ether oxygens (including phenoxy) is 1. The zero-order valence-corrected chi connectivity index (χ0v) is 13.2. The lowest BCUT2D eigenvalue weighted by Gasteiger charge is -2.30. The molecule has 0 aromatic rings. The van der Waals surface area contributed by atoms with E-state index in [1.165, 1.54) is 90.1 Å². The maximum atomic E-state index is 5.58. The molecule has 0 spiro atoms. The molecule has 0 aromatic heterocycles. The molecule has 0 amide bonds. The van der Waals surface area contributed by atoms with Crippen LogP contribution in [0.1, 0.15) is 77.0 Å². The number of nitrogens with zero attached hydrogens (tertiary/aromatic N) is 1. The van der Waals surface area contributed by atoms with E-state index in [1.54, 1.807) is 5.70 Å². The second-order valence-corrected chi connectivity index (χ2v) is 6.37. The van der Waals surface area contributed by atoms with Gasteiger partial charge in [-0.2, -0.15) is 0 Å². The normalized spacial score (nSPS) is 27.4. The zero-order valence-electron chi connectivity index (χ0n) is 13.2. The summed E-state index contributed by atoms with van der Waals surface area (Å²) in [5.41, 5.74) is 1.65. The Morgan fingerprint density at radius 1 is 0.700 bits per heavy atom. The molecule has 116 valence electrons. The van der Waals surface area contributed by atoms with Crippen LogP contribution in [0.15, 0.2) is 11.8 Å². The summed E-state index contributed by atoms with van der Waals surface area (Å²) in [6.07, 6.45) is 19.0. The Hall–Kier alpha value is -0.500. The van der Waals surface area contributed by atoms with E-state index in [0.717, 1.165) is 13.2 Å². The van der Waals surface area contributed by atoms with Crippen LogP contribution in [0.5, 0.6) is 0 Å². The maximum absolute atomic E-state index is 5.58. The van der Waals surface area contributed by atoms with Crippen LogP contribution in [0, 0.1) is 0 Å². The molecule has 0 radical (unpaired) electrons. The lowest BCUT2D eigenvalue weighted by molar-refractivity contribution is 0.0967. The SMILES string of the molecule is C1=C(\N2CCCOCCC2)CCCCCCCCCC/1. The van der Waals surface area contributed by atoms with Crippen molar-refractivity contribution in [3.8, 4) is 0 Å². The third kappa shape index (κ3) is 6.30. The summed E-state index contributed by atoms with van der Waals surface area (Å²) in [4.78, 5) is 2.66. The Labute approximate surface area is 125 Å². The largest absolute Gasteiger partial charge is 0.381 e. The van der Waals surface area contributed by atoms with Gasteiger partial charge in [0.2, 0.25) is 0 Å². The molecule has 1 fully saturated rings. The quantitative estimate of drug-likeness (QED) is 0.677. The minimum atomic E-state index is 0.948. The standard InChI is InChI=1S/C18H33NO/c1-2-4-6-8-12-18(13-9-7-5-3-1)19-14-10-16-20-17-11-15-19/h12H,1-11,13-17H2/b18-12-. The predicted molar refractivity (Wildman–Crippen MR) is 85.9 cm³/mol. The Balaban J connectivity index is 1.88. The van der Waals surface area contributed by atoms with Crippen molar-refractivity contribution in [2.75, 3.05) is 26.3 Å².